The summed E-state index contributed by atoms with van der Waals surface area (Å²) in [5.41, 5.74) is 0. The number of aliphatic hydroxyl groups is 1. The van der Waals surface area contributed by atoms with Gasteiger partial charge in [-0.15, -0.1) is 0 Å². The number of anilines is 1. The lowest BCUT2D eigenvalue weighted by Gasteiger charge is -2.22. The summed E-state index contributed by atoms with van der Waals surface area (Å²) in [6, 6.07) is 1.72. The number of aromatic nitrogens is 1. The molecule has 17 heavy (non-hydrogen) atoms. The number of hydrogen-bond donors (Lipinski definition) is 2. The molecule has 0 aliphatic heterocycles. The number of likely N-dealkylation sites (N-methyl/N-ethyl adjacent to an activating group) is 1. The first kappa shape index (κ1) is 13.7. The highest BCUT2D eigenvalue weighted by atomic mass is 16.5. The summed E-state index contributed by atoms with van der Waals surface area (Å²) in [6.07, 6.45) is 0.354. The number of nitrogens with zero attached hydrogens (tertiary/aromatic N) is 2. The molecule has 0 radical (unpaired) electrons. The Balaban J connectivity index is 2.30. The third-order valence-electron chi connectivity index (χ3n) is 2.60. The van der Waals surface area contributed by atoms with E-state index in [1.165, 1.54) is 0 Å². The van der Waals surface area contributed by atoms with Crippen LogP contribution >= 0.6 is 0 Å². The molecule has 0 bridgehead atoms. The lowest BCUT2D eigenvalue weighted by Crippen LogP contribution is -2.34. The second kappa shape index (κ2) is 6.36. The summed E-state index contributed by atoms with van der Waals surface area (Å²) in [4.78, 5) is 13.5. The molecule has 1 rings (SSSR count). The van der Waals surface area contributed by atoms with E-state index in [0.717, 1.165) is 0 Å². The molecule has 0 aromatic carbocycles. The summed E-state index contributed by atoms with van der Waals surface area (Å²) >= 11 is 0. The summed E-state index contributed by atoms with van der Waals surface area (Å²) in [7, 11) is 1.87. The average Bonchev–Trinajstić information content (AvgIpc) is 2.70. The third-order valence-corrected chi connectivity index (χ3v) is 2.60. The Bertz CT molecular complexity index is 365. The number of rotatable bonds is 6. The van der Waals surface area contributed by atoms with E-state index in [1.807, 2.05) is 18.9 Å². The highest BCUT2D eigenvalue weighted by molar-refractivity contribution is 5.89. The van der Waals surface area contributed by atoms with Gasteiger partial charge in [0, 0.05) is 25.1 Å². The van der Waals surface area contributed by atoms with Crippen molar-refractivity contribution in [1.82, 2.24) is 10.1 Å². The monoisotopic (exact) mass is 241 g/mol. The Labute approximate surface area is 101 Å². The van der Waals surface area contributed by atoms with E-state index in [-0.39, 0.29) is 18.6 Å². The van der Waals surface area contributed by atoms with Crippen LogP contribution < -0.4 is 5.32 Å². The van der Waals surface area contributed by atoms with Gasteiger partial charge < -0.3 is 19.8 Å². The normalized spacial score (nSPS) is 12.8. The van der Waals surface area contributed by atoms with Gasteiger partial charge >= 0.3 is 0 Å². The van der Waals surface area contributed by atoms with Crippen molar-refractivity contribution in [3.63, 3.8) is 0 Å². The Hall–Kier alpha value is -1.40. The van der Waals surface area contributed by atoms with Crippen LogP contribution in [0.1, 0.15) is 19.1 Å². The Morgan fingerprint density at radius 3 is 2.94 bits per heavy atom. The zero-order valence-corrected chi connectivity index (χ0v) is 10.4. The van der Waals surface area contributed by atoms with Crippen molar-refractivity contribution in [2.45, 2.75) is 26.3 Å². The Morgan fingerprint density at radius 2 is 2.41 bits per heavy atom. The largest absolute Gasteiger partial charge is 0.395 e. The minimum atomic E-state index is -0.115. The van der Waals surface area contributed by atoms with Crippen molar-refractivity contribution in [2.24, 2.45) is 0 Å². The molecule has 0 fully saturated rings. The van der Waals surface area contributed by atoms with Crippen LogP contribution in [0, 0.1) is 6.92 Å². The van der Waals surface area contributed by atoms with E-state index >= 15 is 0 Å². The maximum absolute atomic E-state index is 11.6. The average molecular weight is 241 g/mol. The second-order valence-electron chi connectivity index (χ2n) is 4.13. The van der Waals surface area contributed by atoms with Crippen LogP contribution in [0.3, 0.4) is 0 Å². The summed E-state index contributed by atoms with van der Waals surface area (Å²) in [5.74, 6) is 0.979. The quantitative estimate of drug-likeness (QED) is 0.763. The van der Waals surface area contributed by atoms with Crippen molar-refractivity contribution in [3.8, 4) is 0 Å². The van der Waals surface area contributed by atoms with Gasteiger partial charge in [-0.2, -0.15) is 0 Å². The lowest BCUT2D eigenvalue weighted by molar-refractivity contribution is -0.116. The van der Waals surface area contributed by atoms with Gasteiger partial charge in [-0.05, 0) is 20.9 Å². The molecule has 96 valence electrons. The van der Waals surface area contributed by atoms with Gasteiger partial charge in [0.25, 0.3) is 0 Å². The molecule has 0 aliphatic carbocycles. The van der Waals surface area contributed by atoms with Crippen LogP contribution in [0.2, 0.25) is 0 Å². The predicted octanol–water partition coefficient (Wildman–Crippen LogP) is 0.624. The number of carbonyl (C=O) groups excluding carboxylic acids is 1. The van der Waals surface area contributed by atoms with Crippen LogP contribution in [-0.4, -0.2) is 47.3 Å². The molecule has 0 saturated heterocycles. The van der Waals surface area contributed by atoms with Gasteiger partial charge in [-0.25, -0.2) is 0 Å². The molecule has 0 unspecified atom stereocenters. The molecule has 1 heterocycles. The van der Waals surface area contributed by atoms with E-state index in [1.54, 1.807) is 13.0 Å². The first-order valence-electron chi connectivity index (χ1n) is 5.57. The predicted molar refractivity (Wildman–Crippen MR) is 63.7 cm³/mol. The standard InChI is InChI=1S/C11H19N3O3/c1-8(7-15)14(3)5-4-11(16)12-10-6-9(2)17-13-10/h6,8,15H,4-5,7H2,1-3H3,(H,12,13,16)/t8-/m1/s1. The second-order valence-corrected chi connectivity index (χ2v) is 4.13. The molecule has 1 aromatic heterocycles. The maximum atomic E-state index is 11.6. The van der Waals surface area contributed by atoms with E-state index in [4.69, 9.17) is 9.63 Å². The molecule has 0 saturated carbocycles. The van der Waals surface area contributed by atoms with Crippen LogP contribution in [0.5, 0.6) is 0 Å². The zero-order chi connectivity index (χ0) is 12.8. The summed E-state index contributed by atoms with van der Waals surface area (Å²) in [5, 5.41) is 15.3. The third kappa shape index (κ3) is 4.54. The van der Waals surface area contributed by atoms with Crippen LogP contribution in [0.15, 0.2) is 10.6 Å². The van der Waals surface area contributed by atoms with Gasteiger partial charge in [0.05, 0.1) is 6.61 Å². The zero-order valence-electron chi connectivity index (χ0n) is 10.4. The first-order chi connectivity index (χ1) is 8.02. The number of nitrogens with one attached hydrogen (secondary N) is 1. The van der Waals surface area contributed by atoms with Crippen LogP contribution in [0.4, 0.5) is 5.82 Å². The fourth-order valence-electron chi connectivity index (χ4n) is 1.27. The van der Waals surface area contributed by atoms with Crippen molar-refractivity contribution in [3.05, 3.63) is 11.8 Å². The van der Waals surface area contributed by atoms with Gasteiger partial charge in [-0.1, -0.05) is 5.16 Å². The Kier molecular flexibility index (Phi) is 5.11. The molecule has 0 spiro atoms. The molecule has 0 aliphatic rings. The highest BCUT2D eigenvalue weighted by Gasteiger charge is 2.11. The Morgan fingerprint density at radius 1 is 1.71 bits per heavy atom. The number of amides is 1. The van der Waals surface area contributed by atoms with Crippen molar-refractivity contribution in [1.29, 1.82) is 0 Å². The number of carbonyl (C=O) groups is 1. The smallest absolute Gasteiger partial charge is 0.226 e. The lowest BCUT2D eigenvalue weighted by atomic mass is 10.3. The van der Waals surface area contributed by atoms with Crippen molar-refractivity contribution >= 4 is 11.7 Å². The maximum Gasteiger partial charge on any atom is 0.226 e. The first-order valence-corrected chi connectivity index (χ1v) is 5.57. The van der Waals surface area contributed by atoms with E-state index in [2.05, 4.69) is 10.5 Å². The van der Waals surface area contributed by atoms with E-state index < -0.39 is 0 Å². The molecule has 1 atom stereocenters. The highest BCUT2D eigenvalue weighted by Crippen LogP contribution is 2.07. The molecule has 1 amide bonds. The van der Waals surface area contributed by atoms with Crippen LogP contribution in [0.25, 0.3) is 0 Å². The van der Waals surface area contributed by atoms with Gasteiger partial charge in [0.1, 0.15) is 5.76 Å². The molecule has 6 nitrogen and oxygen atoms in total. The van der Waals surface area contributed by atoms with Crippen molar-refractivity contribution < 1.29 is 14.4 Å². The molecule has 2 N–H and O–H groups in total. The van der Waals surface area contributed by atoms with Crippen LogP contribution in [-0.2, 0) is 4.79 Å². The summed E-state index contributed by atoms with van der Waals surface area (Å²) in [6.45, 7) is 4.34. The fraction of sp³-hybridized carbons (Fsp3) is 0.636. The number of aliphatic hydroxyl groups excluding tert-OH is 1. The molecule has 6 heteroatoms. The number of aryl methyl sites for hydroxylation is 1. The van der Waals surface area contributed by atoms with E-state index in [9.17, 15) is 4.79 Å². The topological polar surface area (TPSA) is 78.6 Å². The minimum absolute atomic E-state index is 0.0529. The summed E-state index contributed by atoms with van der Waals surface area (Å²) < 4.78 is 4.84. The van der Waals surface area contributed by atoms with Gasteiger partial charge in [0.15, 0.2) is 5.82 Å². The minimum Gasteiger partial charge on any atom is -0.395 e. The molecular weight excluding hydrogens is 222 g/mol. The van der Waals surface area contributed by atoms with Gasteiger partial charge in [0.2, 0.25) is 5.91 Å². The molecule has 1 aromatic rings. The molecular formula is C11H19N3O3. The fourth-order valence-corrected chi connectivity index (χ4v) is 1.27. The van der Waals surface area contributed by atoms with Crippen molar-refractivity contribution in [2.75, 3.05) is 25.5 Å². The number of hydrogen-bond acceptors (Lipinski definition) is 5. The van der Waals surface area contributed by atoms with E-state index in [0.29, 0.717) is 24.5 Å². The SMILES string of the molecule is Cc1cc(NC(=O)CCN(C)[C@H](C)CO)no1. The van der Waals surface area contributed by atoms with Gasteiger partial charge in [-0.3, -0.25) is 4.79 Å².